The molecule has 1 aromatic carbocycles. The van der Waals surface area contributed by atoms with Gasteiger partial charge in [-0.25, -0.2) is 18.5 Å². The van der Waals surface area contributed by atoms with Crippen molar-refractivity contribution in [2.45, 2.75) is 18.4 Å². The highest BCUT2D eigenvalue weighted by atomic mass is 32.2. The number of benzene rings is 1. The van der Waals surface area contributed by atoms with Crippen LogP contribution in [-0.2, 0) is 16.6 Å². The molecular weight excluding hydrogens is 298 g/mol. The smallest absolute Gasteiger partial charge is 0.238 e. The summed E-state index contributed by atoms with van der Waals surface area (Å²) >= 11 is 1.53. The molecule has 8 heteroatoms. The molecule has 0 bridgehead atoms. The number of anilines is 1. The highest BCUT2D eigenvalue weighted by Crippen LogP contribution is 2.27. The first-order valence-electron chi connectivity index (χ1n) is 5.76. The third-order valence-electron chi connectivity index (χ3n) is 2.60. The number of primary sulfonamides is 1. The summed E-state index contributed by atoms with van der Waals surface area (Å²) in [5.41, 5.74) is 1.52. The lowest BCUT2D eigenvalue weighted by Gasteiger charge is -2.11. The molecule has 0 aliphatic carbocycles. The summed E-state index contributed by atoms with van der Waals surface area (Å²) in [6, 6.07) is 4.43. The zero-order valence-electron chi connectivity index (χ0n) is 11.1. The molecule has 0 amide bonds. The number of hydrogen-bond donors (Lipinski definition) is 2. The number of aromatic nitrogens is 1. The molecule has 0 unspecified atom stereocenters. The van der Waals surface area contributed by atoms with Crippen LogP contribution in [0.3, 0.4) is 0 Å². The fourth-order valence-corrected chi connectivity index (χ4v) is 2.91. The van der Waals surface area contributed by atoms with Gasteiger partial charge in [0.1, 0.15) is 10.8 Å². The summed E-state index contributed by atoms with van der Waals surface area (Å²) in [4.78, 5) is 4.36. The van der Waals surface area contributed by atoms with E-state index in [4.69, 9.17) is 9.88 Å². The quantitative estimate of drug-likeness (QED) is 0.876. The Morgan fingerprint density at radius 1 is 1.45 bits per heavy atom. The van der Waals surface area contributed by atoms with Gasteiger partial charge in [-0.15, -0.1) is 11.3 Å². The molecule has 108 valence electrons. The van der Waals surface area contributed by atoms with Crippen molar-refractivity contribution in [1.82, 2.24) is 4.98 Å². The highest BCUT2D eigenvalue weighted by Gasteiger charge is 2.12. The summed E-state index contributed by atoms with van der Waals surface area (Å²) in [5, 5.41) is 11.1. The highest BCUT2D eigenvalue weighted by molar-refractivity contribution is 7.89. The van der Waals surface area contributed by atoms with Crippen LogP contribution in [0.1, 0.15) is 10.7 Å². The Labute approximate surface area is 121 Å². The topological polar surface area (TPSA) is 94.3 Å². The summed E-state index contributed by atoms with van der Waals surface area (Å²) in [5.74, 6) is 0.547. The zero-order chi connectivity index (χ0) is 14.8. The van der Waals surface area contributed by atoms with E-state index in [1.54, 1.807) is 6.07 Å². The lowest BCUT2D eigenvalue weighted by Crippen LogP contribution is -2.12. The van der Waals surface area contributed by atoms with E-state index in [-0.39, 0.29) is 4.90 Å². The lowest BCUT2D eigenvalue weighted by atomic mass is 10.3. The molecule has 0 spiro atoms. The van der Waals surface area contributed by atoms with Crippen LogP contribution in [0.5, 0.6) is 5.75 Å². The molecule has 1 heterocycles. The normalized spacial score (nSPS) is 11.3. The van der Waals surface area contributed by atoms with Crippen LogP contribution >= 0.6 is 11.3 Å². The number of thiazole rings is 1. The van der Waals surface area contributed by atoms with Gasteiger partial charge in [-0.3, -0.25) is 0 Å². The predicted molar refractivity (Wildman–Crippen MR) is 78.5 cm³/mol. The summed E-state index contributed by atoms with van der Waals surface area (Å²) in [6.07, 6.45) is 0. The molecule has 0 atom stereocenters. The van der Waals surface area contributed by atoms with E-state index >= 15 is 0 Å². The molecule has 3 N–H and O–H groups in total. The summed E-state index contributed by atoms with van der Waals surface area (Å²) in [6.45, 7) is 2.41. The van der Waals surface area contributed by atoms with Gasteiger partial charge in [-0.05, 0) is 25.1 Å². The predicted octanol–water partition coefficient (Wildman–Crippen LogP) is 1.72. The Morgan fingerprint density at radius 3 is 2.75 bits per heavy atom. The average Bonchev–Trinajstić information content (AvgIpc) is 2.80. The second-order valence-corrected chi connectivity index (χ2v) is 6.65. The number of nitrogens with two attached hydrogens (primary N) is 1. The van der Waals surface area contributed by atoms with E-state index in [2.05, 4.69) is 10.3 Å². The number of ether oxygens (including phenoxy) is 1. The molecule has 1 aromatic heterocycles. The van der Waals surface area contributed by atoms with Crippen LogP contribution in [0.4, 0.5) is 5.69 Å². The van der Waals surface area contributed by atoms with Gasteiger partial charge in [-0.2, -0.15) is 0 Å². The number of nitrogens with zero attached hydrogens (tertiary/aromatic N) is 1. The number of hydrogen-bond acceptors (Lipinski definition) is 6. The van der Waals surface area contributed by atoms with Crippen molar-refractivity contribution >= 4 is 27.0 Å². The van der Waals surface area contributed by atoms with Crippen molar-refractivity contribution < 1.29 is 13.2 Å². The Hall–Kier alpha value is -1.64. The Bertz CT molecular complexity index is 710. The molecule has 2 aromatic rings. The molecule has 0 aliphatic heterocycles. The van der Waals surface area contributed by atoms with Crippen molar-refractivity contribution in [3.63, 3.8) is 0 Å². The third kappa shape index (κ3) is 3.47. The zero-order valence-corrected chi connectivity index (χ0v) is 12.7. The lowest BCUT2D eigenvalue weighted by molar-refractivity contribution is 0.416. The van der Waals surface area contributed by atoms with Crippen LogP contribution in [-0.4, -0.2) is 20.5 Å². The molecule has 0 radical (unpaired) electrons. The van der Waals surface area contributed by atoms with Gasteiger partial charge in [0.05, 0.1) is 24.2 Å². The average molecular weight is 313 g/mol. The number of methoxy groups -OCH3 is 1. The second kappa shape index (κ2) is 5.78. The molecule has 2 rings (SSSR count). The van der Waals surface area contributed by atoms with Gasteiger partial charge in [0, 0.05) is 11.1 Å². The van der Waals surface area contributed by atoms with E-state index in [0.717, 1.165) is 10.7 Å². The van der Waals surface area contributed by atoms with E-state index in [0.29, 0.717) is 18.0 Å². The number of nitrogens with one attached hydrogen (secondary N) is 1. The first kappa shape index (κ1) is 14.8. The Morgan fingerprint density at radius 2 is 2.20 bits per heavy atom. The van der Waals surface area contributed by atoms with E-state index in [1.165, 1.54) is 30.6 Å². The maximum atomic E-state index is 11.4. The summed E-state index contributed by atoms with van der Waals surface area (Å²) in [7, 11) is -2.22. The van der Waals surface area contributed by atoms with Crippen LogP contribution in [0.2, 0.25) is 0 Å². The van der Waals surface area contributed by atoms with Crippen LogP contribution in [0.25, 0.3) is 0 Å². The van der Waals surface area contributed by atoms with Crippen LogP contribution < -0.4 is 15.2 Å². The SMILES string of the molecule is COc1ccc(S(N)(=O)=O)cc1NCc1nc(C)cs1. The van der Waals surface area contributed by atoms with Crippen molar-refractivity contribution in [2.24, 2.45) is 5.14 Å². The van der Waals surface area contributed by atoms with E-state index in [9.17, 15) is 8.42 Å². The Kier molecular flexibility index (Phi) is 4.26. The second-order valence-electron chi connectivity index (χ2n) is 4.14. The summed E-state index contributed by atoms with van der Waals surface area (Å²) < 4.78 is 27.9. The monoisotopic (exact) mass is 313 g/mol. The number of aryl methyl sites for hydroxylation is 1. The minimum Gasteiger partial charge on any atom is -0.495 e. The standard InChI is InChI=1S/C12H15N3O3S2/c1-8-7-19-12(15-8)6-14-10-5-9(20(13,16)17)3-4-11(10)18-2/h3-5,7,14H,6H2,1-2H3,(H2,13,16,17). The minimum absolute atomic E-state index is 0.0381. The maximum Gasteiger partial charge on any atom is 0.238 e. The van der Waals surface area contributed by atoms with Gasteiger partial charge in [0.2, 0.25) is 10.0 Å². The van der Waals surface area contributed by atoms with E-state index in [1.807, 2.05) is 12.3 Å². The fourth-order valence-electron chi connectivity index (χ4n) is 1.66. The number of rotatable bonds is 5. The maximum absolute atomic E-state index is 11.4. The molecule has 0 fully saturated rings. The van der Waals surface area contributed by atoms with Crippen molar-refractivity contribution in [3.05, 3.63) is 34.3 Å². The fraction of sp³-hybridized carbons (Fsp3) is 0.250. The Balaban J connectivity index is 2.24. The molecule has 0 saturated carbocycles. The van der Waals surface area contributed by atoms with Gasteiger partial charge < -0.3 is 10.1 Å². The molecule has 0 aliphatic rings. The molecule has 0 saturated heterocycles. The molecule has 6 nitrogen and oxygen atoms in total. The van der Waals surface area contributed by atoms with Crippen LogP contribution in [0, 0.1) is 6.92 Å². The number of sulfonamides is 1. The van der Waals surface area contributed by atoms with E-state index < -0.39 is 10.0 Å². The van der Waals surface area contributed by atoms with Crippen molar-refractivity contribution in [3.8, 4) is 5.75 Å². The van der Waals surface area contributed by atoms with Gasteiger partial charge in [-0.1, -0.05) is 0 Å². The van der Waals surface area contributed by atoms with Gasteiger partial charge in [0.15, 0.2) is 0 Å². The van der Waals surface area contributed by atoms with Crippen LogP contribution in [0.15, 0.2) is 28.5 Å². The first-order chi connectivity index (χ1) is 9.40. The molecular formula is C12H15N3O3S2. The first-order valence-corrected chi connectivity index (χ1v) is 8.18. The molecule has 20 heavy (non-hydrogen) atoms. The van der Waals surface area contributed by atoms with Gasteiger partial charge >= 0.3 is 0 Å². The largest absolute Gasteiger partial charge is 0.495 e. The van der Waals surface area contributed by atoms with Gasteiger partial charge in [0.25, 0.3) is 0 Å². The third-order valence-corrected chi connectivity index (χ3v) is 4.47. The van der Waals surface area contributed by atoms with Crippen molar-refractivity contribution in [1.29, 1.82) is 0 Å². The van der Waals surface area contributed by atoms with Crippen molar-refractivity contribution in [2.75, 3.05) is 12.4 Å². The minimum atomic E-state index is -3.74.